The van der Waals surface area contributed by atoms with Crippen LogP contribution in [0.25, 0.3) is 0 Å². The van der Waals surface area contributed by atoms with Crippen molar-refractivity contribution in [3.8, 4) is 0 Å². The molecule has 2 aromatic heterocycles. The molecule has 0 aliphatic rings. The lowest BCUT2D eigenvalue weighted by Crippen LogP contribution is -2.22. The highest BCUT2D eigenvalue weighted by Gasteiger charge is 1.95. The van der Waals surface area contributed by atoms with Crippen molar-refractivity contribution in [2.75, 3.05) is 5.73 Å². The monoisotopic (exact) mass is 206 g/mol. The summed E-state index contributed by atoms with van der Waals surface area (Å²) in [6.07, 6.45) is 1.57. The normalized spacial score (nSPS) is 11.9. The van der Waals surface area contributed by atoms with Gasteiger partial charge in [-0.1, -0.05) is 4.85 Å². The zero-order valence-electron chi connectivity index (χ0n) is 7.87. The Balaban J connectivity index is 2.26. The van der Waals surface area contributed by atoms with E-state index in [0.29, 0.717) is 22.6 Å². The van der Waals surface area contributed by atoms with Gasteiger partial charge in [0.1, 0.15) is 11.6 Å². The largest absolute Gasteiger partial charge is 0.467 e. The molecule has 0 unspecified atom stereocenters. The van der Waals surface area contributed by atoms with Gasteiger partial charge in [-0.05, 0) is 24.3 Å². The Morgan fingerprint density at radius 1 is 1.47 bits per heavy atom. The van der Waals surface area contributed by atoms with Gasteiger partial charge in [0, 0.05) is 0 Å². The number of hydrogen-bond acceptors (Lipinski definition) is 5. The maximum absolute atomic E-state index is 9.32. The number of nitrogens with zero attached hydrogens (tertiary/aromatic N) is 3. The molecule has 0 atom stereocenters. The fourth-order valence-corrected chi connectivity index (χ4v) is 1.10. The first-order chi connectivity index (χ1) is 7.25. The van der Waals surface area contributed by atoms with Gasteiger partial charge in [-0.15, -0.1) is 5.10 Å². The average molecular weight is 206 g/mol. The molecule has 0 fully saturated rings. The Morgan fingerprint density at radius 3 is 3.00 bits per heavy atom. The third-order valence-corrected chi connectivity index (χ3v) is 1.80. The molecule has 3 N–H and O–H groups in total. The third-order valence-electron chi connectivity index (χ3n) is 1.80. The molecule has 78 valence electrons. The van der Waals surface area contributed by atoms with Crippen molar-refractivity contribution in [1.82, 2.24) is 9.94 Å². The molecule has 0 aliphatic heterocycles. The Kier molecular flexibility index (Phi) is 2.40. The summed E-state index contributed by atoms with van der Waals surface area (Å²) in [5.74, 6) is 0.946. The lowest BCUT2D eigenvalue weighted by molar-refractivity contribution is 0.132. The van der Waals surface area contributed by atoms with Gasteiger partial charge < -0.3 is 15.4 Å². The van der Waals surface area contributed by atoms with Crippen LogP contribution in [-0.2, 0) is 6.54 Å². The van der Waals surface area contributed by atoms with Crippen LogP contribution in [0.4, 0.5) is 5.82 Å². The summed E-state index contributed by atoms with van der Waals surface area (Å²) in [5.41, 5.74) is 5.69. The molecule has 15 heavy (non-hydrogen) atoms. The molecule has 0 spiro atoms. The van der Waals surface area contributed by atoms with Gasteiger partial charge in [0.2, 0.25) is 0 Å². The predicted octanol–water partition coefficient (Wildman–Crippen LogP) is 0.396. The first-order valence-electron chi connectivity index (χ1n) is 4.34. The minimum absolute atomic E-state index is 0.231. The molecule has 0 amide bonds. The zero-order chi connectivity index (χ0) is 10.7. The molecule has 0 saturated heterocycles. The van der Waals surface area contributed by atoms with E-state index in [1.165, 1.54) is 0 Å². The molecule has 0 aliphatic carbocycles. The van der Waals surface area contributed by atoms with Gasteiger partial charge in [0.05, 0.1) is 12.8 Å². The lowest BCUT2D eigenvalue weighted by atomic mass is 10.4. The second-order valence-electron chi connectivity index (χ2n) is 2.90. The molecule has 0 aromatic carbocycles. The maximum atomic E-state index is 9.32. The lowest BCUT2D eigenvalue weighted by Gasteiger charge is -1.97. The summed E-state index contributed by atoms with van der Waals surface area (Å²) in [7, 11) is 0. The number of nitrogens with two attached hydrogens (primary N) is 1. The van der Waals surface area contributed by atoms with Crippen molar-refractivity contribution in [2.45, 2.75) is 6.54 Å². The maximum Gasteiger partial charge on any atom is 0.185 e. The van der Waals surface area contributed by atoms with Gasteiger partial charge in [0.25, 0.3) is 0 Å². The van der Waals surface area contributed by atoms with E-state index in [1.807, 2.05) is 0 Å². The van der Waals surface area contributed by atoms with Crippen LogP contribution in [-0.4, -0.2) is 15.2 Å². The topological polar surface area (TPSA) is 89.6 Å². The van der Waals surface area contributed by atoms with Crippen LogP contribution in [0.2, 0.25) is 0 Å². The van der Waals surface area contributed by atoms with E-state index in [9.17, 15) is 5.21 Å². The molecule has 6 nitrogen and oxygen atoms in total. The molecule has 0 radical (unpaired) electrons. The van der Waals surface area contributed by atoms with Crippen LogP contribution >= 0.6 is 0 Å². The van der Waals surface area contributed by atoms with E-state index >= 15 is 0 Å². The van der Waals surface area contributed by atoms with Crippen LogP contribution in [0.1, 0.15) is 5.76 Å². The summed E-state index contributed by atoms with van der Waals surface area (Å²) in [6, 6.07) is 6.72. The summed E-state index contributed by atoms with van der Waals surface area (Å²) >= 11 is 0. The fourth-order valence-electron chi connectivity index (χ4n) is 1.10. The van der Waals surface area contributed by atoms with E-state index < -0.39 is 0 Å². The van der Waals surface area contributed by atoms with Gasteiger partial charge in [0.15, 0.2) is 5.49 Å². The van der Waals surface area contributed by atoms with E-state index in [0.717, 1.165) is 0 Å². The van der Waals surface area contributed by atoms with Gasteiger partial charge in [-0.2, -0.15) is 0 Å². The minimum atomic E-state index is 0.231. The molecule has 2 aromatic rings. The number of aromatic nitrogens is 2. The van der Waals surface area contributed by atoms with E-state index in [1.54, 1.807) is 30.5 Å². The van der Waals surface area contributed by atoms with Crippen LogP contribution in [0, 0.1) is 0 Å². The Bertz CT molecular complexity index is 501. The van der Waals surface area contributed by atoms with Crippen molar-refractivity contribution in [3.63, 3.8) is 0 Å². The third kappa shape index (κ3) is 2.16. The quantitative estimate of drug-likeness (QED) is 0.696. The SMILES string of the molecule is Nc1ccc(=NCc2ccco2)n(O)n1. The Hall–Kier alpha value is -2.24. The van der Waals surface area contributed by atoms with Crippen LogP contribution < -0.4 is 11.2 Å². The second kappa shape index (κ2) is 3.87. The number of rotatable bonds is 2. The molecule has 2 heterocycles. The molecule has 0 bridgehead atoms. The first kappa shape index (κ1) is 9.32. The highest BCUT2D eigenvalue weighted by molar-refractivity contribution is 5.23. The number of nitrogen functional groups attached to an aromatic ring is 1. The highest BCUT2D eigenvalue weighted by atomic mass is 16.5. The van der Waals surface area contributed by atoms with Crippen molar-refractivity contribution >= 4 is 5.82 Å². The summed E-state index contributed by atoms with van der Waals surface area (Å²) in [4.78, 5) is 4.73. The molecular formula is C9H10N4O2. The zero-order valence-corrected chi connectivity index (χ0v) is 7.87. The Labute approximate surface area is 85.2 Å². The van der Waals surface area contributed by atoms with Gasteiger partial charge in [-0.3, -0.25) is 4.99 Å². The fraction of sp³-hybridized carbons (Fsp3) is 0.111. The number of anilines is 1. The standard InChI is InChI=1S/C9H10N4O2/c10-8-3-4-9(13(14)12-8)11-6-7-2-1-5-15-7/h1-5,14H,6H2,(H2,10,12). The van der Waals surface area contributed by atoms with Crippen molar-refractivity contribution in [1.29, 1.82) is 0 Å². The van der Waals surface area contributed by atoms with Crippen molar-refractivity contribution in [2.24, 2.45) is 4.99 Å². The van der Waals surface area contributed by atoms with Crippen LogP contribution in [0.5, 0.6) is 0 Å². The van der Waals surface area contributed by atoms with Crippen molar-refractivity contribution < 1.29 is 9.62 Å². The molecule has 2 rings (SSSR count). The van der Waals surface area contributed by atoms with E-state index in [-0.39, 0.29) is 5.82 Å². The summed E-state index contributed by atoms with van der Waals surface area (Å²) in [5, 5.41) is 12.9. The van der Waals surface area contributed by atoms with Crippen LogP contribution in [0.15, 0.2) is 39.9 Å². The average Bonchev–Trinajstić information content (AvgIpc) is 2.69. The van der Waals surface area contributed by atoms with Gasteiger partial charge >= 0.3 is 0 Å². The molecular weight excluding hydrogens is 196 g/mol. The first-order valence-corrected chi connectivity index (χ1v) is 4.34. The number of furan rings is 1. The Morgan fingerprint density at radius 2 is 2.33 bits per heavy atom. The molecule has 0 saturated carbocycles. The predicted molar refractivity (Wildman–Crippen MR) is 51.8 cm³/mol. The smallest absolute Gasteiger partial charge is 0.185 e. The minimum Gasteiger partial charge on any atom is -0.467 e. The molecule has 6 heteroatoms. The van der Waals surface area contributed by atoms with Gasteiger partial charge in [-0.25, -0.2) is 0 Å². The van der Waals surface area contributed by atoms with Crippen molar-refractivity contribution in [3.05, 3.63) is 41.8 Å². The van der Waals surface area contributed by atoms with E-state index in [2.05, 4.69) is 10.1 Å². The second-order valence-corrected chi connectivity index (χ2v) is 2.90. The highest BCUT2D eigenvalue weighted by Crippen LogP contribution is 2.00. The number of hydrogen-bond donors (Lipinski definition) is 2. The van der Waals surface area contributed by atoms with Crippen LogP contribution in [0.3, 0.4) is 0 Å². The van der Waals surface area contributed by atoms with E-state index in [4.69, 9.17) is 10.2 Å². The summed E-state index contributed by atoms with van der Waals surface area (Å²) in [6.45, 7) is 0.346. The summed E-state index contributed by atoms with van der Waals surface area (Å²) < 4.78 is 5.09.